The van der Waals surface area contributed by atoms with Gasteiger partial charge in [0.15, 0.2) is 4.87 Å². The third-order valence-corrected chi connectivity index (χ3v) is 7.87. The van der Waals surface area contributed by atoms with Crippen LogP contribution in [0.5, 0.6) is 0 Å². The monoisotopic (exact) mass is 508 g/mol. The highest BCUT2D eigenvalue weighted by atomic mass is 32.2. The summed E-state index contributed by atoms with van der Waals surface area (Å²) in [6, 6.07) is 5.50. The molecule has 1 aromatic rings. The SMILES string of the molecule is C=C1C(=O)N2[C@H]3C(=CC=C[C@@H]3OC(=O)[C@](OC)(c3ccccc3)C(F)(F)F)C[C@@]2(SC)C(=O)N1C. The number of benzene rings is 1. The summed E-state index contributed by atoms with van der Waals surface area (Å²) in [7, 11) is 2.23. The lowest BCUT2D eigenvalue weighted by molar-refractivity contribution is -0.278. The van der Waals surface area contributed by atoms with Crippen molar-refractivity contribution in [3.8, 4) is 0 Å². The number of carbonyl (C=O) groups is 3. The first kappa shape index (κ1) is 25.1. The van der Waals surface area contributed by atoms with E-state index in [0.29, 0.717) is 5.57 Å². The Balaban J connectivity index is 1.75. The Morgan fingerprint density at radius 3 is 2.46 bits per heavy atom. The number of esters is 1. The number of ether oxygens (including phenoxy) is 2. The van der Waals surface area contributed by atoms with Crippen molar-refractivity contribution >= 4 is 29.5 Å². The van der Waals surface area contributed by atoms with Gasteiger partial charge in [0, 0.05) is 26.1 Å². The molecule has 0 N–H and O–H groups in total. The molecule has 7 nitrogen and oxygen atoms in total. The van der Waals surface area contributed by atoms with Crippen LogP contribution in [0.3, 0.4) is 0 Å². The topological polar surface area (TPSA) is 76.1 Å². The molecule has 11 heteroatoms. The van der Waals surface area contributed by atoms with Gasteiger partial charge < -0.3 is 19.3 Å². The highest BCUT2D eigenvalue weighted by molar-refractivity contribution is 8.00. The molecule has 0 spiro atoms. The van der Waals surface area contributed by atoms with Crippen molar-refractivity contribution in [2.24, 2.45) is 0 Å². The van der Waals surface area contributed by atoms with Crippen LogP contribution in [0.1, 0.15) is 12.0 Å². The lowest BCUT2D eigenvalue weighted by Gasteiger charge is -2.46. The summed E-state index contributed by atoms with van der Waals surface area (Å²) in [5.74, 6) is -2.63. The van der Waals surface area contributed by atoms with Crippen molar-refractivity contribution in [2.75, 3.05) is 20.4 Å². The van der Waals surface area contributed by atoms with Gasteiger partial charge in [0.2, 0.25) is 0 Å². The molecule has 186 valence electrons. The number of likely N-dealkylation sites (N-methyl/N-ethyl adjacent to an activating group) is 1. The van der Waals surface area contributed by atoms with Crippen molar-refractivity contribution in [3.63, 3.8) is 0 Å². The zero-order valence-electron chi connectivity index (χ0n) is 19.2. The van der Waals surface area contributed by atoms with Crippen molar-refractivity contribution in [3.05, 3.63) is 72.0 Å². The number of fused-ring (bicyclic) bond motifs is 3. The summed E-state index contributed by atoms with van der Waals surface area (Å²) in [5, 5.41) is 0. The second kappa shape index (κ2) is 8.56. The first-order valence-corrected chi connectivity index (χ1v) is 11.8. The van der Waals surface area contributed by atoms with E-state index in [2.05, 4.69) is 6.58 Å². The molecule has 2 heterocycles. The van der Waals surface area contributed by atoms with Crippen LogP contribution < -0.4 is 0 Å². The second-order valence-corrected chi connectivity index (χ2v) is 9.43. The predicted octanol–water partition coefficient (Wildman–Crippen LogP) is 3.14. The zero-order valence-corrected chi connectivity index (χ0v) is 20.0. The number of carbonyl (C=O) groups excluding carboxylic acids is 3. The molecule has 35 heavy (non-hydrogen) atoms. The number of amides is 2. The molecule has 2 fully saturated rings. The van der Waals surface area contributed by atoms with Crippen molar-refractivity contribution in [1.82, 2.24) is 9.80 Å². The number of nitrogens with zero attached hydrogens (tertiary/aromatic N) is 2. The number of allylic oxidation sites excluding steroid dienone is 2. The van der Waals surface area contributed by atoms with Gasteiger partial charge in [-0.15, -0.1) is 11.8 Å². The van der Waals surface area contributed by atoms with E-state index < -0.39 is 46.2 Å². The molecule has 0 bridgehead atoms. The number of alkyl halides is 3. The normalized spacial score (nSPS) is 27.8. The van der Waals surface area contributed by atoms with Crippen LogP contribution in [-0.4, -0.2) is 71.2 Å². The minimum absolute atomic E-state index is 0.0774. The number of halogens is 3. The molecule has 3 aliphatic rings. The molecule has 0 unspecified atom stereocenters. The first-order chi connectivity index (χ1) is 16.5. The largest absolute Gasteiger partial charge is 0.453 e. The van der Waals surface area contributed by atoms with E-state index in [-0.39, 0.29) is 18.0 Å². The summed E-state index contributed by atoms with van der Waals surface area (Å²) in [6.45, 7) is 3.69. The van der Waals surface area contributed by atoms with Gasteiger partial charge in [-0.05, 0) is 17.9 Å². The first-order valence-electron chi connectivity index (χ1n) is 10.6. The van der Waals surface area contributed by atoms with E-state index in [0.717, 1.165) is 31.0 Å². The van der Waals surface area contributed by atoms with Gasteiger partial charge in [-0.25, -0.2) is 4.79 Å². The molecular formula is C24H23F3N2O5S. The van der Waals surface area contributed by atoms with Crippen LogP contribution in [0, 0.1) is 0 Å². The van der Waals surface area contributed by atoms with Gasteiger partial charge in [0.1, 0.15) is 11.8 Å². The smallest absolute Gasteiger partial charge is 0.432 e. The van der Waals surface area contributed by atoms with Crippen LogP contribution in [0.4, 0.5) is 13.2 Å². The molecule has 0 radical (unpaired) electrons. The third kappa shape index (κ3) is 3.43. The molecule has 1 aliphatic carbocycles. The van der Waals surface area contributed by atoms with Crippen molar-refractivity contribution < 1.29 is 37.0 Å². The second-order valence-electron chi connectivity index (χ2n) is 8.34. The van der Waals surface area contributed by atoms with E-state index in [1.807, 2.05) is 0 Å². The molecular weight excluding hydrogens is 485 g/mol. The maximum absolute atomic E-state index is 14.3. The van der Waals surface area contributed by atoms with Gasteiger partial charge in [-0.2, -0.15) is 13.2 Å². The third-order valence-electron chi connectivity index (χ3n) is 6.68. The van der Waals surface area contributed by atoms with Crippen LogP contribution >= 0.6 is 11.8 Å². The van der Waals surface area contributed by atoms with Gasteiger partial charge in [0.25, 0.3) is 17.4 Å². The maximum Gasteiger partial charge on any atom is 0.432 e. The molecule has 0 aromatic heterocycles. The number of rotatable bonds is 5. The van der Waals surface area contributed by atoms with Gasteiger partial charge in [0.05, 0.1) is 6.04 Å². The van der Waals surface area contributed by atoms with Crippen molar-refractivity contribution in [1.29, 1.82) is 0 Å². The fraction of sp³-hybridized carbons (Fsp3) is 0.375. The number of piperazine rings is 1. The summed E-state index contributed by atoms with van der Waals surface area (Å²) < 4.78 is 53.3. The Kier molecular flexibility index (Phi) is 6.13. The summed E-state index contributed by atoms with van der Waals surface area (Å²) in [5.41, 5.74) is -3.32. The summed E-state index contributed by atoms with van der Waals surface area (Å²) >= 11 is 1.14. The average molecular weight is 509 g/mol. The van der Waals surface area contributed by atoms with Crippen LogP contribution in [0.15, 0.2) is 66.4 Å². The molecule has 2 saturated heterocycles. The van der Waals surface area contributed by atoms with Gasteiger partial charge >= 0.3 is 12.1 Å². The standard InChI is InChI=1S/C24H23F3N2O5S/c1-14-19(30)29-18-15(13-22(29,35-4)20(31)28(14)2)9-8-12-17(18)34-21(32)23(33-3,24(25,26)27)16-10-6-5-7-11-16/h5-12,17-18H,1,13H2,2-4H3/t17-,18-,22+,23+/m0/s1. The molecule has 4 atom stereocenters. The summed E-state index contributed by atoms with van der Waals surface area (Å²) in [6.07, 6.45) is -0.0284. The van der Waals surface area contributed by atoms with Crippen molar-refractivity contribution in [2.45, 2.75) is 35.2 Å². The van der Waals surface area contributed by atoms with Gasteiger partial charge in [-0.1, -0.05) is 49.1 Å². The van der Waals surface area contributed by atoms with Gasteiger partial charge in [-0.3, -0.25) is 9.59 Å². The van der Waals surface area contributed by atoms with E-state index in [1.54, 1.807) is 12.3 Å². The summed E-state index contributed by atoms with van der Waals surface area (Å²) in [4.78, 5) is 40.9. The van der Waals surface area contributed by atoms with E-state index in [1.165, 1.54) is 47.2 Å². The molecule has 2 amide bonds. The number of thioether (sulfide) groups is 1. The maximum atomic E-state index is 14.3. The van der Waals surface area contributed by atoms with E-state index in [4.69, 9.17) is 9.47 Å². The highest BCUT2D eigenvalue weighted by Crippen LogP contribution is 2.51. The molecule has 1 aromatic carbocycles. The lowest BCUT2D eigenvalue weighted by Crippen LogP contribution is -2.65. The fourth-order valence-corrected chi connectivity index (χ4v) is 5.87. The van der Waals surface area contributed by atoms with Crippen LogP contribution in [0.25, 0.3) is 0 Å². The Morgan fingerprint density at radius 2 is 1.89 bits per heavy atom. The Bertz CT molecular complexity index is 1150. The van der Waals surface area contributed by atoms with Crippen LogP contribution in [0.2, 0.25) is 0 Å². The molecule has 2 aliphatic heterocycles. The Morgan fingerprint density at radius 1 is 1.23 bits per heavy atom. The van der Waals surface area contributed by atoms with E-state index >= 15 is 0 Å². The average Bonchev–Trinajstić information content (AvgIpc) is 3.19. The van der Waals surface area contributed by atoms with E-state index in [9.17, 15) is 27.6 Å². The number of methoxy groups -OCH3 is 1. The Labute approximate surface area is 204 Å². The Hall–Kier alpha value is -3.05. The zero-order chi connectivity index (χ0) is 25.8. The fourth-order valence-electron chi connectivity index (χ4n) is 4.86. The quantitative estimate of drug-likeness (QED) is 0.450. The lowest BCUT2D eigenvalue weighted by atomic mass is 9.92. The molecule has 0 saturated carbocycles. The minimum Gasteiger partial charge on any atom is -0.453 e. The minimum atomic E-state index is -5.15. The number of hydrogen-bond acceptors (Lipinski definition) is 6. The highest BCUT2D eigenvalue weighted by Gasteiger charge is 2.66. The van der Waals surface area contributed by atoms with Crippen LogP contribution in [-0.2, 0) is 29.5 Å². The predicted molar refractivity (Wildman–Crippen MR) is 122 cm³/mol. The molecule has 4 rings (SSSR count). The number of hydrogen-bond donors (Lipinski definition) is 0.